The summed E-state index contributed by atoms with van der Waals surface area (Å²) in [6.45, 7) is 2.66. The number of ether oxygens (including phenoxy) is 3. The molecule has 3 heterocycles. The van der Waals surface area contributed by atoms with E-state index < -0.39 is 0 Å². The lowest BCUT2D eigenvalue weighted by atomic mass is 10.0. The molecule has 2 aliphatic heterocycles. The second kappa shape index (κ2) is 9.49. The number of carbonyl (C=O) groups is 2. The van der Waals surface area contributed by atoms with Crippen LogP contribution in [-0.2, 0) is 14.3 Å². The van der Waals surface area contributed by atoms with Crippen molar-refractivity contribution in [3.63, 3.8) is 0 Å². The number of methoxy groups -OCH3 is 1. The molecular weight excluding hydrogens is 418 g/mol. The van der Waals surface area contributed by atoms with E-state index in [9.17, 15) is 9.59 Å². The first-order valence-corrected chi connectivity index (χ1v) is 11.1. The summed E-state index contributed by atoms with van der Waals surface area (Å²) in [7, 11) is 1.57. The number of rotatable bonds is 8. The van der Waals surface area contributed by atoms with Gasteiger partial charge in [-0.2, -0.15) is 5.10 Å². The van der Waals surface area contributed by atoms with E-state index in [1.54, 1.807) is 25.4 Å². The molecule has 0 saturated carbocycles. The number of hydrogen-bond donors (Lipinski definition) is 0. The molecule has 2 aromatic rings. The molecule has 0 fully saturated rings. The number of thiophene rings is 1. The highest BCUT2D eigenvalue weighted by molar-refractivity contribution is 7.12. The number of fused-ring (bicyclic) bond motifs is 1. The molecule has 1 atom stereocenters. The number of amides is 2. The first-order chi connectivity index (χ1) is 15.1. The third kappa shape index (κ3) is 4.57. The molecule has 1 aromatic carbocycles. The Kier molecular flexibility index (Phi) is 6.53. The van der Waals surface area contributed by atoms with Crippen LogP contribution in [0, 0.1) is 0 Å². The second-order valence-corrected chi connectivity index (χ2v) is 8.20. The zero-order chi connectivity index (χ0) is 21.8. The molecule has 8 nitrogen and oxygen atoms in total. The van der Waals surface area contributed by atoms with Gasteiger partial charge < -0.3 is 19.1 Å². The van der Waals surface area contributed by atoms with Crippen LogP contribution >= 0.6 is 11.3 Å². The van der Waals surface area contributed by atoms with Crippen molar-refractivity contribution in [2.24, 2.45) is 5.10 Å². The highest BCUT2D eigenvalue weighted by Crippen LogP contribution is 2.39. The summed E-state index contributed by atoms with van der Waals surface area (Å²) < 4.78 is 16.0. The maximum absolute atomic E-state index is 13.3. The van der Waals surface area contributed by atoms with E-state index >= 15 is 0 Å². The maximum Gasteiger partial charge on any atom is 0.262 e. The van der Waals surface area contributed by atoms with Gasteiger partial charge in [0, 0.05) is 26.5 Å². The quantitative estimate of drug-likeness (QED) is 0.627. The van der Waals surface area contributed by atoms with Crippen molar-refractivity contribution in [2.45, 2.75) is 25.8 Å². The Morgan fingerprint density at radius 2 is 2.13 bits per heavy atom. The second-order valence-electron chi connectivity index (χ2n) is 7.26. The number of nitrogens with zero attached hydrogens (tertiary/aromatic N) is 3. The molecule has 0 N–H and O–H groups in total. The molecule has 0 aliphatic carbocycles. The lowest BCUT2D eigenvalue weighted by Crippen LogP contribution is -2.42. The van der Waals surface area contributed by atoms with E-state index in [0.717, 1.165) is 16.2 Å². The topological polar surface area (TPSA) is 80.7 Å². The van der Waals surface area contributed by atoms with Gasteiger partial charge in [0.25, 0.3) is 5.91 Å². The highest BCUT2D eigenvalue weighted by Gasteiger charge is 2.35. The van der Waals surface area contributed by atoms with Gasteiger partial charge in [-0.15, -0.1) is 11.3 Å². The standard InChI is InChI=1S/C22H25N3O5S/c1-3-21(26)24(8-9-28-2)13-22(27)25-17(12-16(23-25)20-5-4-10-31-20)15-6-7-18-19(11-15)30-14-29-18/h4-7,10-11,17H,3,8-9,12-14H2,1-2H3. The molecule has 0 bridgehead atoms. The molecule has 31 heavy (non-hydrogen) atoms. The Hall–Kier alpha value is -2.91. The van der Waals surface area contributed by atoms with Crippen molar-refractivity contribution in [3.05, 3.63) is 46.2 Å². The maximum atomic E-state index is 13.3. The molecule has 0 spiro atoms. The number of hydrazone groups is 1. The predicted octanol–water partition coefficient (Wildman–Crippen LogP) is 3.04. The Bertz CT molecular complexity index is 976. The van der Waals surface area contributed by atoms with Crippen LogP contribution in [0.4, 0.5) is 0 Å². The predicted molar refractivity (Wildman–Crippen MR) is 116 cm³/mol. The summed E-state index contributed by atoms with van der Waals surface area (Å²) in [5, 5.41) is 8.17. The van der Waals surface area contributed by atoms with Crippen molar-refractivity contribution in [3.8, 4) is 11.5 Å². The summed E-state index contributed by atoms with van der Waals surface area (Å²) in [6.07, 6.45) is 0.915. The molecule has 1 aromatic heterocycles. The van der Waals surface area contributed by atoms with Crippen molar-refractivity contribution in [1.29, 1.82) is 0 Å². The molecule has 1 unspecified atom stereocenters. The van der Waals surface area contributed by atoms with Crippen molar-refractivity contribution in [1.82, 2.24) is 9.91 Å². The summed E-state index contributed by atoms with van der Waals surface area (Å²) >= 11 is 1.59. The molecule has 4 rings (SSSR count). The molecule has 9 heteroatoms. The minimum absolute atomic E-state index is 0.0433. The number of carbonyl (C=O) groups excluding carboxylic acids is 2. The van der Waals surface area contributed by atoms with E-state index in [1.165, 1.54) is 9.91 Å². The van der Waals surface area contributed by atoms with Gasteiger partial charge in [-0.05, 0) is 29.1 Å². The number of hydrogen-bond acceptors (Lipinski definition) is 7. The average Bonchev–Trinajstić information content (AvgIpc) is 3.54. The number of benzene rings is 1. The Labute approximate surface area is 185 Å². The smallest absolute Gasteiger partial charge is 0.262 e. The van der Waals surface area contributed by atoms with Gasteiger partial charge in [0.05, 0.1) is 23.2 Å². The van der Waals surface area contributed by atoms with E-state index in [2.05, 4.69) is 5.10 Å². The fourth-order valence-electron chi connectivity index (χ4n) is 3.66. The van der Waals surface area contributed by atoms with Crippen molar-refractivity contribution < 1.29 is 23.8 Å². The minimum atomic E-state index is -0.278. The Morgan fingerprint density at radius 3 is 2.87 bits per heavy atom. The molecular formula is C22H25N3O5S. The van der Waals surface area contributed by atoms with Crippen molar-refractivity contribution in [2.75, 3.05) is 33.6 Å². The highest BCUT2D eigenvalue weighted by atomic mass is 32.1. The van der Waals surface area contributed by atoms with Gasteiger partial charge in [0.2, 0.25) is 12.7 Å². The fraction of sp³-hybridized carbons (Fsp3) is 0.409. The van der Waals surface area contributed by atoms with E-state index in [1.807, 2.05) is 35.7 Å². The van der Waals surface area contributed by atoms with E-state index in [4.69, 9.17) is 14.2 Å². The molecule has 2 amide bonds. The van der Waals surface area contributed by atoms with Crippen LogP contribution in [0.1, 0.15) is 36.2 Å². The summed E-state index contributed by atoms with van der Waals surface area (Å²) in [5.41, 5.74) is 1.77. The Balaban J connectivity index is 1.60. The Morgan fingerprint density at radius 1 is 1.29 bits per heavy atom. The zero-order valence-corrected chi connectivity index (χ0v) is 18.4. The van der Waals surface area contributed by atoms with Crippen LogP contribution in [0.15, 0.2) is 40.8 Å². The lowest BCUT2D eigenvalue weighted by molar-refractivity contribution is -0.141. The van der Waals surface area contributed by atoms with Crippen LogP contribution in [0.25, 0.3) is 0 Å². The third-order valence-corrected chi connectivity index (χ3v) is 6.22. The fourth-order valence-corrected chi connectivity index (χ4v) is 4.39. The lowest BCUT2D eigenvalue weighted by Gasteiger charge is -2.26. The SMILES string of the molecule is CCC(=O)N(CCOC)CC(=O)N1N=C(c2cccs2)CC1c1ccc2c(c1)OCO2. The molecule has 0 radical (unpaired) electrons. The van der Waals surface area contributed by atoms with Gasteiger partial charge in [-0.25, -0.2) is 5.01 Å². The van der Waals surface area contributed by atoms with Crippen molar-refractivity contribution >= 4 is 28.9 Å². The molecule has 0 saturated heterocycles. The summed E-state index contributed by atoms with van der Waals surface area (Å²) in [5.74, 6) is 1.04. The van der Waals surface area contributed by atoms with E-state index in [-0.39, 0.29) is 31.2 Å². The van der Waals surface area contributed by atoms with Gasteiger partial charge in [-0.1, -0.05) is 19.1 Å². The van der Waals surface area contributed by atoms with Crippen LogP contribution in [0.2, 0.25) is 0 Å². The van der Waals surface area contributed by atoms with Gasteiger partial charge in [0.15, 0.2) is 11.5 Å². The molecule has 164 valence electrons. The van der Waals surface area contributed by atoms with Crippen LogP contribution in [-0.4, -0.2) is 61.0 Å². The van der Waals surface area contributed by atoms with Gasteiger partial charge in [-0.3, -0.25) is 9.59 Å². The first-order valence-electron chi connectivity index (χ1n) is 10.2. The monoisotopic (exact) mass is 443 g/mol. The normalized spacial score (nSPS) is 17.0. The van der Waals surface area contributed by atoms with Gasteiger partial charge >= 0.3 is 0 Å². The third-order valence-electron chi connectivity index (χ3n) is 5.30. The van der Waals surface area contributed by atoms with Gasteiger partial charge in [0.1, 0.15) is 6.54 Å². The van der Waals surface area contributed by atoms with Crippen LogP contribution < -0.4 is 9.47 Å². The van der Waals surface area contributed by atoms with E-state index in [0.29, 0.717) is 37.5 Å². The summed E-state index contributed by atoms with van der Waals surface area (Å²) in [4.78, 5) is 28.2. The van der Waals surface area contributed by atoms with Crippen LogP contribution in [0.3, 0.4) is 0 Å². The summed E-state index contributed by atoms with van der Waals surface area (Å²) in [6, 6.07) is 9.38. The first kappa shape index (κ1) is 21.3. The van der Waals surface area contributed by atoms with Crippen LogP contribution in [0.5, 0.6) is 11.5 Å². The largest absolute Gasteiger partial charge is 0.454 e. The molecule has 2 aliphatic rings. The minimum Gasteiger partial charge on any atom is -0.454 e. The zero-order valence-electron chi connectivity index (χ0n) is 17.6. The average molecular weight is 444 g/mol.